The zero-order chi connectivity index (χ0) is 21.4. The fraction of sp³-hybridized carbons (Fsp3) is 0.714. The van der Waals surface area contributed by atoms with E-state index in [0.717, 1.165) is 7.11 Å². The first-order chi connectivity index (χ1) is 12.3. The number of aliphatic hydroxyl groups excluding tert-OH is 1. The number of carbonyl (C=O) groups is 4. The first-order valence-corrected chi connectivity index (χ1v) is 8.81. The molecule has 7 nitrogen and oxygen atoms in total. The Hall–Kier alpha value is -1.86. The largest absolute Gasteiger partial charge is 0.493 e. The van der Waals surface area contributed by atoms with E-state index in [1.54, 1.807) is 41.5 Å². The van der Waals surface area contributed by atoms with Gasteiger partial charge in [-0.15, -0.1) is 0 Å². The van der Waals surface area contributed by atoms with Crippen LogP contribution < -0.4 is 0 Å². The molecule has 2 aliphatic carbocycles. The maximum Gasteiger partial charge on any atom is 0.198 e. The number of hydrogen-bond acceptors (Lipinski definition) is 7. The van der Waals surface area contributed by atoms with Gasteiger partial charge in [0, 0.05) is 36.4 Å². The van der Waals surface area contributed by atoms with Crippen molar-refractivity contribution in [1.82, 2.24) is 0 Å². The zero-order valence-corrected chi connectivity index (χ0v) is 17.4. The molecule has 160 valence electrons. The summed E-state index contributed by atoms with van der Waals surface area (Å²) in [6, 6.07) is 0. The summed E-state index contributed by atoms with van der Waals surface area (Å²) in [6.45, 7) is 10.5. The van der Waals surface area contributed by atoms with Gasteiger partial charge in [-0.1, -0.05) is 35.1 Å². The second-order valence-corrected chi connectivity index (χ2v) is 8.43. The van der Waals surface area contributed by atoms with Gasteiger partial charge >= 0.3 is 0 Å². The number of hydrogen-bond donors (Lipinski definition) is 1. The zero-order valence-electron chi connectivity index (χ0n) is 17.4. The van der Waals surface area contributed by atoms with Crippen molar-refractivity contribution in [3.63, 3.8) is 0 Å². The molecule has 2 unspecified atom stereocenters. The molecule has 28 heavy (non-hydrogen) atoms. The standard InChI is InChI=1S/C10H14O3.C9H12O3.CH4O.CH4/c1-6-8(13-4)7(11)5-10(2,3)9(6)12;1-8(2)4-5(10)6-9(3,12-6)7(8)11;1-2;/h5H2,1-4H3;6H,4H2,1-3H3;2H,1H3;1H4. The number of methoxy groups -OCH3 is 1. The van der Waals surface area contributed by atoms with Crippen LogP contribution in [-0.2, 0) is 28.7 Å². The van der Waals surface area contributed by atoms with Crippen LogP contribution in [0.4, 0.5) is 0 Å². The van der Waals surface area contributed by atoms with Crippen LogP contribution in [0, 0.1) is 10.8 Å². The van der Waals surface area contributed by atoms with Crippen molar-refractivity contribution in [1.29, 1.82) is 0 Å². The SMILES string of the molecule is C.CC1(C)CC(=O)C2OC2(C)C1=O.CO.COC1=C(C)C(=O)C(C)(C)CC1=O. The Kier molecular flexibility index (Phi) is 8.08. The minimum Gasteiger partial charge on any atom is -0.493 e. The lowest BCUT2D eigenvalue weighted by Crippen LogP contribution is -2.45. The van der Waals surface area contributed by atoms with E-state index < -0.39 is 22.5 Å². The summed E-state index contributed by atoms with van der Waals surface area (Å²) in [4.78, 5) is 46.1. The fourth-order valence-electron chi connectivity index (χ4n) is 3.69. The Morgan fingerprint density at radius 2 is 1.46 bits per heavy atom. The van der Waals surface area contributed by atoms with Gasteiger partial charge in [0.05, 0.1) is 7.11 Å². The van der Waals surface area contributed by atoms with E-state index in [-0.39, 0.29) is 42.7 Å². The monoisotopic (exact) mass is 398 g/mol. The molecule has 0 aromatic heterocycles. The average Bonchev–Trinajstić information content (AvgIpc) is 3.27. The van der Waals surface area contributed by atoms with Gasteiger partial charge in [-0.05, 0) is 13.8 Å². The van der Waals surface area contributed by atoms with Gasteiger partial charge in [-0.2, -0.15) is 0 Å². The molecule has 0 amide bonds. The average molecular weight is 398 g/mol. The molecule has 2 fully saturated rings. The summed E-state index contributed by atoms with van der Waals surface area (Å²) in [5.41, 5.74) is -1.43. The molecule has 1 aliphatic heterocycles. The Bertz CT molecular complexity index is 693. The van der Waals surface area contributed by atoms with Crippen LogP contribution in [0.2, 0.25) is 0 Å². The van der Waals surface area contributed by atoms with Crippen molar-refractivity contribution in [2.24, 2.45) is 10.8 Å². The van der Waals surface area contributed by atoms with Crippen LogP contribution in [0.15, 0.2) is 11.3 Å². The van der Waals surface area contributed by atoms with Crippen LogP contribution in [0.25, 0.3) is 0 Å². The molecule has 0 bridgehead atoms. The minimum absolute atomic E-state index is 0. The molecule has 1 heterocycles. The van der Waals surface area contributed by atoms with Crippen molar-refractivity contribution in [2.75, 3.05) is 14.2 Å². The van der Waals surface area contributed by atoms with Crippen LogP contribution in [0.5, 0.6) is 0 Å². The molecule has 1 saturated carbocycles. The molecule has 2 atom stereocenters. The van der Waals surface area contributed by atoms with E-state index >= 15 is 0 Å². The van der Waals surface area contributed by atoms with Gasteiger partial charge < -0.3 is 14.6 Å². The normalized spacial score (nSPS) is 29.4. The smallest absolute Gasteiger partial charge is 0.198 e. The molecule has 0 aromatic rings. The molecular weight excluding hydrogens is 364 g/mol. The third-order valence-electron chi connectivity index (χ3n) is 5.14. The molecule has 7 heteroatoms. The first kappa shape index (κ1) is 26.1. The summed E-state index contributed by atoms with van der Waals surface area (Å²) >= 11 is 0. The van der Waals surface area contributed by atoms with Crippen LogP contribution in [0.3, 0.4) is 0 Å². The van der Waals surface area contributed by atoms with Crippen LogP contribution in [-0.4, -0.2) is 54.2 Å². The number of Topliss-reactive ketones (excluding diaryl/α,β-unsaturated/α-hetero) is 4. The third-order valence-corrected chi connectivity index (χ3v) is 5.14. The van der Waals surface area contributed by atoms with Crippen molar-refractivity contribution in [3.05, 3.63) is 11.3 Å². The van der Waals surface area contributed by atoms with Crippen LogP contribution >= 0.6 is 0 Å². The molecule has 1 saturated heterocycles. The lowest BCUT2D eigenvalue weighted by atomic mass is 9.71. The highest BCUT2D eigenvalue weighted by Crippen LogP contribution is 2.49. The minimum atomic E-state index is -0.779. The lowest BCUT2D eigenvalue weighted by molar-refractivity contribution is -0.137. The van der Waals surface area contributed by atoms with Crippen LogP contribution in [0.1, 0.15) is 61.8 Å². The summed E-state index contributed by atoms with van der Waals surface area (Å²) in [5.74, 6) is 0.291. The number of carbonyl (C=O) groups excluding carboxylic acids is 4. The molecule has 0 radical (unpaired) electrons. The van der Waals surface area contributed by atoms with E-state index in [0.29, 0.717) is 12.0 Å². The summed E-state index contributed by atoms with van der Waals surface area (Å²) < 4.78 is 10.0. The number of allylic oxidation sites excluding steroid dienone is 2. The van der Waals surface area contributed by atoms with E-state index in [9.17, 15) is 19.2 Å². The molecule has 3 rings (SSSR count). The Labute approximate surface area is 167 Å². The van der Waals surface area contributed by atoms with Crippen molar-refractivity contribution in [2.45, 2.75) is 73.5 Å². The molecule has 0 aromatic carbocycles. The number of ether oxygens (including phenoxy) is 2. The van der Waals surface area contributed by atoms with Gasteiger partial charge in [-0.25, -0.2) is 0 Å². The topological polar surface area (TPSA) is 110 Å². The fourth-order valence-corrected chi connectivity index (χ4v) is 3.69. The predicted molar refractivity (Wildman–Crippen MR) is 105 cm³/mol. The lowest BCUT2D eigenvalue weighted by Gasteiger charge is -2.28. The van der Waals surface area contributed by atoms with Gasteiger partial charge in [0.15, 0.2) is 40.6 Å². The number of rotatable bonds is 1. The molecular formula is C21H34O7. The molecule has 3 aliphatic rings. The van der Waals surface area contributed by atoms with Gasteiger partial charge in [0.1, 0.15) is 0 Å². The number of ketones is 4. The number of fused-ring (bicyclic) bond motifs is 1. The Balaban J connectivity index is 0.000000464. The number of epoxide rings is 1. The van der Waals surface area contributed by atoms with Gasteiger partial charge in [0.25, 0.3) is 0 Å². The van der Waals surface area contributed by atoms with Gasteiger partial charge in [0.2, 0.25) is 0 Å². The maximum absolute atomic E-state index is 11.7. The molecule has 0 spiro atoms. The second-order valence-electron chi connectivity index (χ2n) is 8.43. The highest BCUT2D eigenvalue weighted by Gasteiger charge is 2.68. The van der Waals surface area contributed by atoms with Crippen molar-refractivity contribution in [3.8, 4) is 0 Å². The van der Waals surface area contributed by atoms with E-state index in [2.05, 4.69) is 0 Å². The molecule has 1 N–H and O–H groups in total. The summed E-state index contributed by atoms with van der Waals surface area (Å²) in [7, 11) is 2.42. The second kappa shape index (κ2) is 8.66. The highest BCUT2D eigenvalue weighted by molar-refractivity contribution is 6.12. The summed E-state index contributed by atoms with van der Waals surface area (Å²) in [6.07, 6.45) is 0.136. The van der Waals surface area contributed by atoms with Crippen molar-refractivity contribution < 1.29 is 33.8 Å². The van der Waals surface area contributed by atoms with Gasteiger partial charge in [-0.3, -0.25) is 19.2 Å². The highest BCUT2D eigenvalue weighted by atomic mass is 16.6. The van der Waals surface area contributed by atoms with E-state index in [1.807, 2.05) is 0 Å². The first-order valence-electron chi connectivity index (χ1n) is 8.81. The van der Waals surface area contributed by atoms with E-state index in [4.69, 9.17) is 14.6 Å². The Morgan fingerprint density at radius 1 is 0.964 bits per heavy atom. The summed E-state index contributed by atoms with van der Waals surface area (Å²) in [5, 5.41) is 7.00. The van der Waals surface area contributed by atoms with E-state index in [1.165, 1.54) is 7.11 Å². The number of aliphatic hydroxyl groups is 1. The third kappa shape index (κ3) is 4.58. The quantitative estimate of drug-likeness (QED) is 0.675. The predicted octanol–water partition coefficient (Wildman–Crippen LogP) is 2.43. The Morgan fingerprint density at radius 3 is 1.93 bits per heavy atom. The van der Waals surface area contributed by atoms with Crippen molar-refractivity contribution >= 4 is 23.1 Å². The maximum atomic E-state index is 11.7.